The molecule has 0 bridgehead atoms. The molecule has 0 spiro atoms. The van der Waals surface area contributed by atoms with Crippen molar-refractivity contribution in [1.82, 2.24) is 20.5 Å². The smallest absolute Gasteiger partial charge is 0.291 e. The number of aromatic nitrogens is 3. The summed E-state index contributed by atoms with van der Waals surface area (Å²) in [6.07, 6.45) is 2.50. The van der Waals surface area contributed by atoms with Gasteiger partial charge >= 0.3 is 0 Å². The van der Waals surface area contributed by atoms with Crippen LogP contribution in [0.5, 0.6) is 0 Å². The number of aromatic amines is 1. The summed E-state index contributed by atoms with van der Waals surface area (Å²) in [6.45, 7) is 6.25. The standard InChI is InChI=1S/C12H20N4O2/c1-11(2,3)10-14-8(15-16-10)9(17)13-7-12(18)5-4-6-12/h18H,4-7H2,1-3H3,(H,13,17)(H,14,15,16). The van der Waals surface area contributed by atoms with Crippen LogP contribution in [0.3, 0.4) is 0 Å². The van der Waals surface area contributed by atoms with Gasteiger partial charge in [-0.1, -0.05) is 20.8 Å². The lowest BCUT2D eigenvalue weighted by molar-refractivity contribution is -0.0301. The Kier molecular flexibility index (Phi) is 3.14. The van der Waals surface area contributed by atoms with E-state index in [1.165, 1.54) is 0 Å². The molecule has 1 amide bonds. The first-order valence-corrected chi connectivity index (χ1v) is 6.24. The molecule has 0 aromatic carbocycles. The number of hydrogen-bond donors (Lipinski definition) is 3. The van der Waals surface area contributed by atoms with Crippen LogP contribution in [-0.2, 0) is 5.41 Å². The molecule has 1 aliphatic carbocycles. The lowest BCUT2D eigenvalue weighted by Crippen LogP contribution is -2.47. The molecule has 18 heavy (non-hydrogen) atoms. The van der Waals surface area contributed by atoms with Gasteiger partial charge in [0.05, 0.1) is 5.60 Å². The van der Waals surface area contributed by atoms with E-state index in [9.17, 15) is 9.90 Å². The van der Waals surface area contributed by atoms with Gasteiger partial charge in [-0.05, 0) is 19.3 Å². The maximum absolute atomic E-state index is 11.8. The number of carbonyl (C=O) groups is 1. The summed E-state index contributed by atoms with van der Waals surface area (Å²) >= 11 is 0. The van der Waals surface area contributed by atoms with E-state index in [4.69, 9.17) is 0 Å². The van der Waals surface area contributed by atoms with Crippen molar-refractivity contribution < 1.29 is 9.90 Å². The van der Waals surface area contributed by atoms with E-state index >= 15 is 0 Å². The van der Waals surface area contributed by atoms with Gasteiger partial charge in [0.25, 0.3) is 5.91 Å². The normalized spacial score (nSPS) is 18.2. The Morgan fingerprint density at radius 3 is 2.61 bits per heavy atom. The van der Waals surface area contributed by atoms with E-state index in [-0.39, 0.29) is 23.7 Å². The fraction of sp³-hybridized carbons (Fsp3) is 0.750. The van der Waals surface area contributed by atoms with Crippen LogP contribution in [-0.4, -0.2) is 38.3 Å². The van der Waals surface area contributed by atoms with Crippen molar-refractivity contribution in [3.63, 3.8) is 0 Å². The van der Waals surface area contributed by atoms with Crippen LogP contribution in [0.2, 0.25) is 0 Å². The second-order valence-electron chi connectivity index (χ2n) is 6.02. The molecule has 1 aromatic rings. The van der Waals surface area contributed by atoms with Crippen LogP contribution in [0.15, 0.2) is 0 Å². The first kappa shape index (κ1) is 13.0. The van der Waals surface area contributed by atoms with Crippen molar-refractivity contribution in [2.45, 2.75) is 51.0 Å². The number of amides is 1. The number of carbonyl (C=O) groups excluding carboxylic acids is 1. The average molecular weight is 252 g/mol. The monoisotopic (exact) mass is 252 g/mol. The van der Waals surface area contributed by atoms with Crippen molar-refractivity contribution >= 4 is 5.91 Å². The van der Waals surface area contributed by atoms with Gasteiger partial charge in [-0.15, -0.1) is 5.10 Å². The molecule has 2 rings (SSSR count). The van der Waals surface area contributed by atoms with Gasteiger partial charge in [0.1, 0.15) is 5.82 Å². The molecule has 1 aliphatic rings. The summed E-state index contributed by atoms with van der Waals surface area (Å²) in [4.78, 5) is 16.0. The maximum Gasteiger partial charge on any atom is 0.291 e. The van der Waals surface area contributed by atoms with Crippen molar-refractivity contribution in [3.8, 4) is 0 Å². The van der Waals surface area contributed by atoms with Crippen molar-refractivity contribution in [2.75, 3.05) is 6.54 Å². The molecule has 100 valence electrons. The quantitative estimate of drug-likeness (QED) is 0.740. The zero-order valence-electron chi connectivity index (χ0n) is 11.1. The van der Waals surface area contributed by atoms with Crippen molar-refractivity contribution in [3.05, 3.63) is 11.6 Å². The van der Waals surface area contributed by atoms with E-state index in [1.54, 1.807) is 0 Å². The topological polar surface area (TPSA) is 90.9 Å². The third-order valence-electron chi connectivity index (χ3n) is 3.26. The molecule has 0 aliphatic heterocycles. The van der Waals surface area contributed by atoms with Gasteiger partial charge in [-0.2, -0.15) is 0 Å². The van der Waals surface area contributed by atoms with Crippen LogP contribution in [0.1, 0.15) is 56.5 Å². The molecule has 1 aromatic heterocycles. The Morgan fingerprint density at radius 1 is 1.50 bits per heavy atom. The number of hydrogen-bond acceptors (Lipinski definition) is 4. The molecule has 0 atom stereocenters. The van der Waals surface area contributed by atoms with E-state index < -0.39 is 5.60 Å². The van der Waals surface area contributed by atoms with E-state index in [2.05, 4.69) is 20.5 Å². The molecule has 3 N–H and O–H groups in total. The molecule has 1 fully saturated rings. The van der Waals surface area contributed by atoms with Crippen LogP contribution in [0.4, 0.5) is 0 Å². The summed E-state index contributed by atoms with van der Waals surface area (Å²) in [7, 11) is 0. The number of aliphatic hydroxyl groups is 1. The lowest BCUT2D eigenvalue weighted by atomic mass is 9.80. The van der Waals surface area contributed by atoms with Gasteiger partial charge in [-0.25, -0.2) is 4.98 Å². The van der Waals surface area contributed by atoms with Crippen LogP contribution in [0.25, 0.3) is 0 Å². The summed E-state index contributed by atoms with van der Waals surface area (Å²) in [5, 5.41) is 19.2. The Morgan fingerprint density at radius 2 is 2.17 bits per heavy atom. The lowest BCUT2D eigenvalue weighted by Gasteiger charge is -2.36. The molecule has 6 nitrogen and oxygen atoms in total. The Balaban J connectivity index is 1.95. The van der Waals surface area contributed by atoms with Crippen molar-refractivity contribution in [2.24, 2.45) is 0 Å². The fourth-order valence-electron chi connectivity index (χ4n) is 1.78. The molecule has 0 radical (unpaired) electrons. The largest absolute Gasteiger partial charge is 0.388 e. The van der Waals surface area contributed by atoms with Gasteiger partial charge in [-0.3, -0.25) is 9.89 Å². The molecule has 1 saturated carbocycles. The Hall–Kier alpha value is -1.43. The molecule has 6 heteroatoms. The molecule has 0 saturated heterocycles. The van der Waals surface area contributed by atoms with Gasteiger partial charge in [0.2, 0.25) is 5.82 Å². The minimum Gasteiger partial charge on any atom is -0.388 e. The predicted octanol–water partition coefficient (Wildman–Crippen LogP) is 0.747. The highest BCUT2D eigenvalue weighted by atomic mass is 16.3. The first-order valence-electron chi connectivity index (χ1n) is 6.24. The zero-order chi connectivity index (χ0) is 13.4. The number of nitrogens with one attached hydrogen (secondary N) is 2. The van der Waals surface area contributed by atoms with E-state index in [0.29, 0.717) is 5.82 Å². The SMILES string of the molecule is CC(C)(C)c1nc(C(=O)NCC2(O)CCC2)n[nH]1. The van der Waals surface area contributed by atoms with Gasteiger partial charge < -0.3 is 10.4 Å². The molecular formula is C12H20N4O2. The third kappa shape index (κ3) is 2.69. The number of H-pyrrole nitrogens is 1. The third-order valence-corrected chi connectivity index (χ3v) is 3.26. The second-order valence-corrected chi connectivity index (χ2v) is 6.02. The van der Waals surface area contributed by atoms with Gasteiger partial charge in [0.15, 0.2) is 0 Å². The summed E-state index contributed by atoms with van der Waals surface area (Å²) in [6, 6.07) is 0. The van der Waals surface area contributed by atoms with Crippen LogP contribution < -0.4 is 5.32 Å². The number of rotatable bonds is 3. The van der Waals surface area contributed by atoms with E-state index in [0.717, 1.165) is 19.3 Å². The van der Waals surface area contributed by atoms with Gasteiger partial charge in [0, 0.05) is 12.0 Å². The highest BCUT2D eigenvalue weighted by Crippen LogP contribution is 2.30. The minimum atomic E-state index is -0.723. The summed E-state index contributed by atoms with van der Waals surface area (Å²) in [5.74, 6) is 0.458. The fourth-order valence-corrected chi connectivity index (χ4v) is 1.78. The summed E-state index contributed by atoms with van der Waals surface area (Å²) < 4.78 is 0. The first-order chi connectivity index (χ1) is 8.30. The van der Waals surface area contributed by atoms with Crippen LogP contribution in [0, 0.1) is 0 Å². The Labute approximate surface area is 106 Å². The predicted molar refractivity (Wildman–Crippen MR) is 66.2 cm³/mol. The summed E-state index contributed by atoms with van der Waals surface area (Å²) in [5.41, 5.74) is -0.892. The highest BCUT2D eigenvalue weighted by molar-refractivity contribution is 5.90. The second kappa shape index (κ2) is 4.35. The molecule has 1 heterocycles. The molecule has 0 unspecified atom stereocenters. The maximum atomic E-state index is 11.8. The number of nitrogens with zero attached hydrogens (tertiary/aromatic N) is 2. The highest BCUT2D eigenvalue weighted by Gasteiger charge is 2.35. The van der Waals surface area contributed by atoms with E-state index in [1.807, 2.05) is 20.8 Å². The van der Waals surface area contributed by atoms with Crippen molar-refractivity contribution in [1.29, 1.82) is 0 Å². The minimum absolute atomic E-state index is 0.128. The molecular weight excluding hydrogens is 232 g/mol. The Bertz CT molecular complexity index is 443. The average Bonchev–Trinajstić information content (AvgIpc) is 2.72. The van der Waals surface area contributed by atoms with Crippen LogP contribution >= 0.6 is 0 Å². The zero-order valence-corrected chi connectivity index (χ0v) is 11.1.